The van der Waals surface area contributed by atoms with E-state index in [0.29, 0.717) is 0 Å². The molecule has 0 fully saturated rings. The van der Waals surface area contributed by atoms with Gasteiger partial charge in [0.15, 0.2) is 11.5 Å². The van der Waals surface area contributed by atoms with Crippen LogP contribution in [0.5, 0.6) is 11.5 Å². The van der Waals surface area contributed by atoms with Crippen LogP contribution in [0.3, 0.4) is 0 Å². The van der Waals surface area contributed by atoms with Crippen LogP contribution in [-0.4, -0.2) is 13.7 Å². The van der Waals surface area contributed by atoms with Gasteiger partial charge in [-0.1, -0.05) is 12.0 Å². The number of alkyl halides is 2. The van der Waals surface area contributed by atoms with Crippen LogP contribution in [0.15, 0.2) is 18.2 Å². The predicted octanol–water partition coefficient (Wildman–Crippen LogP) is 2.28. The van der Waals surface area contributed by atoms with E-state index < -0.39 is 6.61 Å². The molecule has 0 aliphatic heterocycles. The van der Waals surface area contributed by atoms with Gasteiger partial charge in [-0.3, -0.25) is 0 Å². The van der Waals surface area contributed by atoms with Gasteiger partial charge in [0.05, 0.1) is 12.7 Å². The first-order valence-corrected chi connectivity index (χ1v) is 3.77. The molecule has 14 heavy (non-hydrogen) atoms. The monoisotopic (exact) mass is 198 g/mol. The maximum absolute atomic E-state index is 12.0. The van der Waals surface area contributed by atoms with Crippen LogP contribution in [0, 0.1) is 12.3 Å². The van der Waals surface area contributed by atoms with Gasteiger partial charge < -0.3 is 9.47 Å². The Kier molecular flexibility index (Phi) is 3.29. The number of hydrogen-bond acceptors (Lipinski definition) is 2. The predicted molar refractivity (Wildman–Crippen MR) is 47.6 cm³/mol. The van der Waals surface area contributed by atoms with Gasteiger partial charge in [-0.15, -0.1) is 6.42 Å². The van der Waals surface area contributed by atoms with Crippen LogP contribution < -0.4 is 9.47 Å². The van der Waals surface area contributed by atoms with Crippen LogP contribution in [0.25, 0.3) is 0 Å². The number of rotatable bonds is 3. The first-order chi connectivity index (χ1) is 6.69. The molecule has 0 atom stereocenters. The summed E-state index contributed by atoms with van der Waals surface area (Å²) in [6, 6.07) is 4.60. The van der Waals surface area contributed by atoms with Crippen LogP contribution >= 0.6 is 0 Å². The van der Waals surface area contributed by atoms with E-state index in [-0.39, 0.29) is 17.1 Å². The van der Waals surface area contributed by atoms with E-state index >= 15 is 0 Å². The molecule has 1 rings (SSSR count). The Balaban J connectivity index is 3.14. The van der Waals surface area contributed by atoms with Crippen molar-refractivity contribution in [2.24, 2.45) is 0 Å². The molecule has 4 heteroatoms. The Morgan fingerprint density at radius 1 is 1.43 bits per heavy atom. The zero-order valence-corrected chi connectivity index (χ0v) is 7.46. The molecule has 0 aromatic heterocycles. The number of methoxy groups -OCH3 is 1. The van der Waals surface area contributed by atoms with Crippen LogP contribution in [0.2, 0.25) is 0 Å². The van der Waals surface area contributed by atoms with Gasteiger partial charge in [0, 0.05) is 0 Å². The zero-order valence-electron chi connectivity index (χ0n) is 7.46. The second-order valence-electron chi connectivity index (χ2n) is 2.36. The second-order valence-corrected chi connectivity index (χ2v) is 2.36. The maximum Gasteiger partial charge on any atom is 0.387 e. The Bertz CT molecular complexity index is 356. The molecule has 0 amide bonds. The molecule has 0 unspecified atom stereocenters. The Hall–Kier alpha value is -1.76. The van der Waals surface area contributed by atoms with Gasteiger partial charge in [-0.25, -0.2) is 0 Å². The summed E-state index contributed by atoms with van der Waals surface area (Å²) in [7, 11) is 1.36. The molecule has 0 spiro atoms. The standard InChI is InChI=1S/C10H8F2O2/c1-3-7-5-4-6-8(13-2)9(7)14-10(11)12/h1,4-6,10H,2H3. The normalized spacial score (nSPS) is 9.64. The number of ether oxygens (including phenoxy) is 2. The van der Waals surface area contributed by atoms with Crippen molar-refractivity contribution in [2.75, 3.05) is 7.11 Å². The quantitative estimate of drug-likeness (QED) is 0.693. The van der Waals surface area contributed by atoms with Crippen molar-refractivity contribution >= 4 is 0 Å². The third-order valence-electron chi connectivity index (χ3n) is 1.56. The molecule has 0 N–H and O–H groups in total. The lowest BCUT2D eigenvalue weighted by atomic mass is 10.2. The fraction of sp³-hybridized carbons (Fsp3) is 0.200. The minimum absolute atomic E-state index is 0.104. The zero-order chi connectivity index (χ0) is 10.6. The lowest BCUT2D eigenvalue weighted by molar-refractivity contribution is -0.0513. The molecule has 0 radical (unpaired) electrons. The summed E-state index contributed by atoms with van der Waals surface area (Å²) in [6.45, 7) is -2.92. The Morgan fingerprint density at radius 2 is 2.14 bits per heavy atom. The minimum Gasteiger partial charge on any atom is -0.493 e. The van der Waals surface area contributed by atoms with Gasteiger partial charge in [0.1, 0.15) is 0 Å². The first kappa shape index (κ1) is 10.3. The third-order valence-corrected chi connectivity index (χ3v) is 1.56. The SMILES string of the molecule is C#Cc1cccc(OC)c1OC(F)F. The Morgan fingerprint density at radius 3 is 2.64 bits per heavy atom. The summed E-state index contributed by atoms with van der Waals surface area (Å²) in [6.07, 6.45) is 5.12. The number of hydrogen-bond donors (Lipinski definition) is 0. The topological polar surface area (TPSA) is 18.5 Å². The molecule has 1 aromatic rings. The van der Waals surface area contributed by atoms with Gasteiger partial charge >= 0.3 is 6.61 Å². The average Bonchev–Trinajstić information content (AvgIpc) is 2.17. The fourth-order valence-electron chi connectivity index (χ4n) is 1.00. The highest BCUT2D eigenvalue weighted by atomic mass is 19.3. The van der Waals surface area contributed by atoms with Crippen molar-refractivity contribution in [3.05, 3.63) is 23.8 Å². The first-order valence-electron chi connectivity index (χ1n) is 3.77. The van der Waals surface area contributed by atoms with Gasteiger partial charge in [-0.05, 0) is 12.1 Å². The summed E-state index contributed by atoms with van der Waals surface area (Å²) >= 11 is 0. The highest BCUT2D eigenvalue weighted by Crippen LogP contribution is 2.31. The van der Waals surface area contributed by atoms with E-state index in [9.17, 15) is 8.78 Å². The molecule has 74 valence electrons. The van der Waals surface area contributed by atoms with E-state index in [1.54, 1.807) is 6.07 Å². The molecule has 0 bridgehead atoms. The lowest BCUT2D eigenvalue weighted by Crippen LogP contribution is -2.05. The van der Waals surface area contributed by atoms with Gasteiger partial charge in [-0.2, -0.15) is 8.78 Å². The molecule has 0 saturated carbocycles. The van der Waals surface area contributed by atoms with Crippen molar-refractivity contribution in [2.45, 2.75) is 6.61 Å². The van der Waals surface area contributed by atoms with Crippen molar-refractivity contribution in [3.63, 3.8) is 0 Å². The van der Waals surface area contributed by atoms with Crippen molar-refractivity contribution < 1.29 is 18.3 Å². The average molecular weight is 198 g/mol. The number of terminal acetylenes is 1. The molecule has 0 heterocycles. The fourth-order valence-corrected chi connectivity index (χ4v) is 1.00. The smallest absolute Gasteiger partial charge is 0.387 e. The Labute approximate surface area is 80.4 Å². The van der Waals surface area contributed by atoms with Gasteiger partial charge in [0.2, 0.25) is 0 Å². The van der Waals surface area contributed by atoms with Crippen LogP contribution in [-0.2, 0) is 0 Å². The van der Waals surface area contributed by atoms with E-state index in [1.165, 1.54) is 19.2 Å². The summed E-state index contributed by atoms with van der Waals surface area (Å²) in [5, 5.41) is 0. The van der Waals surface area contributed by atoms with E-state index in [4.69, 9.17) is 11.2 Å². The molecule has 0 saturated heterocycles. The van der Waals surface area contributed by atoms with Crippen LogP contribution in [0.1, 0.15) is 5.56 Å². The largest absolute Gasteiger partial charge is 0.493 e. The number of para-hydroxylation sites is 1. The van der Waals surface area contributed by atoms with E-state index in [0.717, 1.165) is 0 Å². The molecular weight excluding hydrogens is 190 g/mol. The highest BCUT2D eigenvalue weighted by Gasteiger charge is 2.13. The molecule has 0 aliphatic rings. The second kappa shape index (κ2) is 4.47. The summed E-state index contributed by atoms with van der Waals surface area (Å²) in [4.78, 5) is 0. The maximum atomic E-state index is 12.0. The molecular formula is C10H8F2O2. The summed E-state index contributed by atoms with van der Waals surface area (Å²) < 4.78 is 33.1. The van der Waals surface area contributed by atoms with Crippen molar-refractivity contribution in [1.29, 1.82) is 0 Å². The lowest BCUT2D eigenvalue weighted by Gasteiger charge is -2.10. The summed E-state index contributed by atoms with van der Waals surface area (Å²) in [5.41, 5.74) is 0.240. The minimum atomic E-state index is -2.92. The molecule has 2 nitrogen and oxygen atoms in total. The van der Waals surface area contributed by atoms with Crippen LogP contribution in [0.4, 0.5) is 8.78 Å². The number of halogens is 2. The van der Waals surface area contributed by atoms with E-state index in [1.807, 2.05) is 0 Å². The third kappa shape index (κ3) is 2.13. The van der Waals surface area contributed by atoms with Crippen molar-refractivity contribution in [3.8, 4) is 23.8 Å². The number of benzene rings is 1. The highest BCUT2D eigenvalue weighted by molar-refractivity contribution is 5.53. The molecule has 0 aliphatic carbocycles. The van der Waals surface area contributed by atoms with Gasteiger partial charge in [0.25, 0.3) is 0 Å². The molecule has 1 aromatic carbocycles. The summed E-state index contributed by atoms with van der Waals surface area (Å²) in [5.74, 6) is 2.33. The van der Waals surface area contributed by atoms with Crippen molar-refractivity contribution in [1.82, 2.24) is 0 Å². The van der Waals surface area contributed by atoms with E-state index in [2.05, 4.69) is 10.7 Å².